The molecule has 0 atom stereocenters. The fourth-order valence-corrected chi connectivity index (χ4v) is 5.81. The van der Waals surface area contributed by atoms with Crippen LogP contribution in [-0.4, -0.2) is 61.7 Å². The molecular formula is C32H30N6O5. The van der Waals surface area contributed by atoms with E-state index in [1.54, 1.807) is 55.7 Å². The lowest BCUT2D eigenvalue weighted by molar-refractivity contribution is -0.123. The second-order valence-corrected chi connectivity index (χ2v) is 10.8. The summed E-state index contributed by atoms with van der Waals surface area (Å²) >= 11 is 0. The number of ether oxygens (including phenoxy) is 1. The number of imide groups is 1. The largest absolute Gasteiger partial charge is 0.511 e. The molecule has 4 heterocycles. The molecule has 2 saturated heterocycles. The molecule has 11 nitrogen and oxygen atoms in total. The molecule has 2 aliphatic heterocycles. The van der Waals surface area contributed by atoms with Crippen molar-refractivity contribution in [3.63, 3.8) is 0 Å². The molecule has 6 rings (SSSR count). The zero-order valence-electron chi connectivity index (χ0n) is 23.8. The zero-order chi connectivity index (χ0) is 30.1. The van der Waals surface area contributed by atoms with Gasteiger partial charge in [-0.2, -0.15) is 0 Å². The van der Waals surface area contributed by atoms with Crippen molar-refractivity contribution in [2.75, 3.05) is 22.9 Å². The number of aryl methyl sites for hydroxylation is 2. The molecule has 2 aliphatic rings. The number of amides is 3. The third kappa shape index (κ3) is 5.30. The van der Waals surface area contributed by atoms with Gasteiger partial charge >= 0.3 is 12.2 Å². The highest BCUT2D eigenvalue weighted by molar-refractivity contribution is 6.30. The number of carboxylic acid groups (broad SMARTS) is 1. The number of anilines is 2. The first-order valence-electron chi connectivity index (χ1n) is 14.0. The third-order valence-corrected chi connectivity index (χ3v) is 8.08. The molecular weight excluding hydrogens is 548 g/mol. The molecule has 4 aromatic rings. The number of carbonyl (C=O) groups is 3. The Hall–Kier alpha value is -5.16. The summed E-state index contributed by atoms with van der Waals surface area (Å²) in [7, 11) is 0. The molecule has 2 fully saturated rings. The van der Waals surface area contributed by atoms with Gasteiger partial charge in [0.15, 0.2) is 5.82 Å². The number of likely N-dealkylation sites (tertiary alicyclic amines) is 1. The van der Waals surface area contributed by atoms with Crippen molar-refractivity contribution >= 4 is 29.6 Å². The lowest BCUT2D eigenvalue weighted by Crippen LogP contribution is -2.57. The second kappa shape index (κ2) is 11.3. The van der Waals surface area contributed by atoms with E-state index in [1.807, 2.05) is 31.2 Å². The maximum Gasteiger partial charge on any atom is 0.511 e. The SMILES string of the molecule is Cc1cncc(N2C(=O)N(c3ccc(-c4ccc(OC(=O)O)cc4)cc3)C(=O)C23CCN(Cc2ncccc2C)CC3)n1. The Balaban J connectivity index is 1.28. The summed E-state index contributed by atoms with van der Waals surface area (Å²) in [6.07, 6.45) is 4.45. The van der Waals surface area contributed by atoms with Crippen LogP contribution in [0, 0.1) is 13.8 Å². The number of rotatable bonds is 6. The molecule has 218 valence electrons. The van der Waals surface area contributed by atoms with Crippen LogP contribution in [-0.2, 0) is 11.3 Å². The van der Waals surface area contributed by atoms with Crippen LogP contribution in [0.2, 0.25) is 0 Å². The van der Waals surface area contributed by atoms with Gasteiger partial charge in [-0.3, -0.25) is 24.6 Å². The molecule has 1 N–H and O–H groups in total. The molecule has 3 amide bonds. The van der Waals surface area contributed by atoms with Gasteiger partial charge in [-0.05, 0) is 73.7 Å². The normalized spacial score (nSPS) is 16.6. The number of carbonyl (C=O) groups excluding carboxylic acids is 2. The van der Waals surface area contributed by atoms with E-state index >= 15 is 0 Å². The van der Waals surface area contributed by atoms with Crippen LogP contribution >= 0.6 is 0 Å². The Morgan fingerprint density at radius 3 is 2.26 bits per heavy atom. The van der Waals surface area contributed by atoms with E-state index in [0.717, 1.165) is 22.4 Å². The molecule has 0 bridgehead atoms. The van der Waals surface area contributed by atoms with Crippen LogP contribution in [0.1, 0.15) is 29.8 Å². The smallest absolute Gasteiger partial charge is 0.449 e. The number of benzene rings is 2. The van der Waals surface area contributed by atoms with Crippen LogP contribution in [0.15, 0.2) is 79.3 Å². The fourth-order valence-electron chi connectivity index (χ4n) is 5.81. The number of hydrogen-bond acceptors (Lipinski definition) is 8. The summed E-state index contributed by atoms with van der Waals surface area (Å²) in [5, 5.41) is 8.81. The third-order valence-electron chi connectivity index (χ3n) is 8.08. The van der Waals surface area contributed by atoms with Gasteiger partial charge in [0, 0.05) is 32.0 Å². The van der Waals surface area contributed by atoms with E-state index in [4.69, 9.17) is 5.11 Å². The minimum atomic E-state index is -1.38. The standard InChI is InChI=1S/C32H30N6O5/c1-21-4-3-15-34-27(21)20-36-16-13-32(14-17-36)29(39)37(30(40)38(32)28-19-33-18-22(2)35-28)25-9-5-23(6-10-25)24-7-11-26(12-8-24)43-31(41)42/h3-12,15,18-19H,13-14,16-17,20H2,1-2H3,(H,41,42). The number of piperidine rings is 1. The summed E-state index contributed by atoms with van der Waals surface area (Å²) in [6, 6.07) is 17.2. The molecule has 43 heavy (non-hydrogen) atoms. The predicted octanol–water partition coefficient (Wildman–Crippen LogP) is 5.22. The lowest BCUT2D eigenvalue weighted by atomic mass is 9.85. The highest BCUT2D eigenvalue weighted by atomic mass is 16.7. The highest BCUT2D eigenvalue weighted by Crippen LogP contribution is 2.42. The second-order valence-electron chi connectivity index (χ2n) is 10.8. The van der Waals surface area contributed by atoms with Crippen molar-refractivity contribution in [2.45, 2.75) is 38.8 Å². The van der Waals surface area contributed by atoms with Gasteiger partial charge in [-0.25, -0.2) is 19.5 Å². The molecule has 0 aliphatic carbocycles. The van der Waals surface area contributed by atoms with Crippen molar-refractivity contribution in [3.8, 4) is 16.9 Å². The summed E-state index contributed by atoms with van der Waals surface area (Å²) in [5.41, 5.74) is 3.79. The first-order valence-corrected chi connectivity index (χ1v) is 14.0. The quantitative estimate of drug-likeness (QED) is 0.186. The van der Waals surface area contributed by atoms with Crippen molar-refractivity contribution in [1.29, 1.82) is 0 Å². The van der Waals surface area contributed by atoms with Gasteiger partial charge in [0.05, 0.1) is 23.3 Å². The molecule has 1 spiro atoms. The first kappa shape index (κ1) is 28.0. The van der Waals surface area contributed by atoms with Crippen molar-refractivity contribution in [2.24, 2.45) is 0 Å². The molecule has 2 aromatic heterocycles. The average molecular weight is 579 g/mol. The molecule has 0 unspecified atom stereocenters. The van der Waals surface area contributed by atoms with E-state index < -0.39 is 17.7 Å². The Morgan fingerprint density at radius 1 is 0.953 bits per heavy atom. The summed E-state index contributed by atoms with van der Waals surface area (Å²) in [5.74, 6) is 0.291. The van der Waals surface area contributed by atoms with Crippen molar-refractivity contribution in [3.05, 3.63) is 96.2 Å². The van der Waals surface area contributed by atoms with Crippen LogP contribution in [0.4, 0.5) is 21.1 Å². The maximum atomic E-state index is 14.3. The van der Waals surface area contributed by atoms with Crippen LogP contribution in [0.25, 0.3) is 11.1 Å². The van der Waals surface area contributed by atoms with Gasteiger partial charge in [-0.1, -0.05) is 30.3 Å². The van der Waals surface area contributed by atoms with Crippen LogP contribution in [0.3, 0.4) is 0 Å². The Labute approximate surface area is 248 Å². The summed E-state index contributed by atoms with van der Waals surface area (Å²) in [4.78, 5) is 57.6. The lowest BCUT2D eigenvalue weighted by Gasteiger charge is -2.41. The molecule has 0 radical (unpaired) electrons. The van der Waals surface area contributed by atoms with Crippen LogP contribution in [0.5, 0.6) is 5.75 Å². The van der Waals surface area contributed by atoms with E-state index in [0.29, 0.717) is 49.7 Å². The minimum absolute atomic E-state index is 0.215. The predicted molar refractivity (Wildman–Crippen MR) is 159 cm³/mol. The van der Waals surface area contributed by atoms with Crippen LogP contribution < -0.4 is 14.5 Å². The fraction of sp³-hybridized carbons (Fsp3) is 0.250. The first-order chi connectivity index (χ1) is 20.7. The topological polar surface area (TPSA) is 129 Å². The van der Waals surface area contributed by atoms with Gasteiger partial charge in [0.1, 0.15) is 11.3 Å². The Morgan fingerprint density at radius 2 is 1.63 bits per heavy atom. The van der Waals surface area contributed by atoms with E-state index in [2.05, 4.69) is 24.6 Å². The zero-order valence-corrected chi connectivity index (χ0v) is 23.8. The average Bonchev–Trinajstić information content (AvgIpc) is 3.20. The molecule has 2 aromatic carbocycles. The highest BCUT2D eigenvalue weighted by Gasteiger charge is 2.59. The van der Waals surface area contributed by atoms with Gasteiger partial charge < -0.3 is 9.84 Å². The van der Waals surface area contributed by atoms with Gasteiger partial charge in [0.2, 0.25) is 0 Å². The Kier molecular flexibility index (Phi) is 7.32. The number of hydrogen-bond donors (Lipinski definition) is 1. The molecule has 11 heteroatoms. The summed E-state index contributed by atoms with van der Waals surface area (Å²) in [6.45, 7) is 5.74. The molecule has 0 saturated carbocycles. The minimum Gasteiger partial charge on any atom is -0.449 e. The number of nitrogens with zero attached hydrogens (tertiary/aromatic N) is 6. The maximum absolute atomic E-state index is 14.3. The number of urea groups is 1. The van der Waals surface area contributed by atoms with Gasteiger partial charge in [-0.15, -0.1) is 0 Å². The van der Waals surface area contributed by atoms with E-state index in [9.17, 15) is 14.4 Å². The number of aromatic nitrogens is 3. The van der Waals surface area contributed by atoms with Gasteiger partial charge in [0.25, 0.3) is 5.91 Å². The van der Waals surface area contributed by atoms with Crippen molar-refractivity contribution < 1.29 is 24.2 Å². The monoisotopic (exact) mass is 578 g/mol. The summed E-state index contributed by atoms with van der Waals surface area (Å²) < 4.78 is 4.68. The van der Waals surface area contributed by atoms with Crippen molar-refractivity contribution in [1.82, 2.24) is 19.9 Å². The Bertz CT molecular complexity index is 1680. The number of pyridine rings is 1. The van der Waals surface area contributed by atoms with E-state index in [-0.39, 0.29) is 11.7 Å². The van der Waals surface area contributed by atoms with E-state index in [1.165, 1.54) is 16.0 Å².